The van der Waals surface area contributed by atoms with Gasteiger partial charge in [-0.3, -0.25) is 0 Å². The first-order valence-corrected chi connectivity index (χ1v) is 7.27. The standard InChI is InChI=1S/C15H20O5/c1-8-9-6-11-13(2,19-11)5-4-10-14(3,18-10)7-15(9,17)20-12(8)16/h10-11,17H,4-7H2,1-3H3/t10-,11+,13+,14-,15-/m0/s1. The van der Waals surface area contributed by atoms with Gasteiger partial charge in [0.1, 0.15) is 0 Å². The molecule has 20 heavy (non-hydrogen) atoms. The zero-order valence-corrected chi connectivity index (χ0v) is 12.1. The number of hydrogen-bond donors (Lipinski definition) is 1. The number of carbonyl (C=O) groups excluding carboxylic acids is 1. The summed E-state index contributed by atoms with van der Waals surface area (Å²) in [5.74, 6) is -1.94. The second-order valence-electron chi connectivity index (χ2n) is 7.04. The average Bonchev–Trinajstić information content (AvgIpc) is 3.16. The molecule has 5 nitrogen and oxygen atoms in total. The molecule has 1 N–H and O–H groups in total. The van der Waals surface area contributed by atoms with Crippen LogP contribution in [0.25, 0.3) is 0 Å². The van der Waals surface area contributed by atoms with Gasteiger partial charge in [0.05, 0.1) is 23.4 Å². The molecule has 0 spiro atoms. The van der Waals surface area contributed by atoms with Crippen LogP contribution >= 0.6 is 0 Å². The summed E-state index contributed by atoms with van der Waals surface area (Å²) in [6.45, 7) is 5.78. The molecule has 1 aliphatic carbocycles. The normalized spacial score (nSPS) is 53.7. The Morgan fingerprint density at radius 2 is 1.90 bits per heavy atom. The van der Waals surface area contributed by atoms with E-state index in [0.29, 0.717) is 24.0 Å². The van der Waals surface area contributed by atoms with Gasteiger partial charge < -0.3 is 19.3 Å². The predicted octanol–water partition coefficient (Wildman–Crippen LogP) is 1.44. The molecule has 2 saturated heterocycles. The number of hydrogen-bond acceptors (Lipinski definition) is 5. The molecule has 0 aromatic carbocycles. The summed E-state index contributed by atoms with van der Waals surface area (Å²) in [5.41, 5.74) is 0.646. The van der Waals surface area contributed by atoms with Crippen LogP contribution in [0.15, 0.2) is 11.1 Å². The van der Waals surface area contributed by atoms with Gasteiger partial charge in [0.2, 0.25) is 5.79 Å². The summed E-state index contributed by atoms with van der Waals surface area (Å²) in [4.78, 5) is 11.8. The molecule has 110 valence electrons. The van der Waals surface area contributed by atoms with Crippen molar-refractivity contribution in [1.29, 1.82) is 0 Å². The van der Waals surface area contributed by atoms with Crippen LogP contribution in [0.5, 0.6) is 0 Å². The highest BCUT2D eigenvalue weighted by Crippen LogP contribution is 2.55. The van der Waals surface area contributed by atoms with Gasteiger partial charge in [-0.1, -0.05) is 0 Å². The molecular weight excluding hydrogens is 260 g/mol. The maximum absolute atomic E-state index is 11.8. The van der Waals surface area contributed by atoms with Gasteiger partial charge in [0, 0.05) is 24.0 Å². The molecule has 3 fully saturated rings. The molecule has 1 saturated carbocycles. The second-order valence-corrected chi connectivity index (χ2v) is 7.04. The Hall–Kier alpha value is -0.910. The van der Waals surface area contributed by atoms with Crippen molar-refractivity contribution in [3.63, 3.8) is 0 Å². The number of carbonyl (C=O) groups is 1. The fourth-order valence-corrected chi connectivity index (χ4v) is 3.82. The van der Waals surface area contributed by atoms with Gasteiger partial charge in [0.25, 0.3) is 0 Å². The maximum atomic E-state index is 11.8. The molecular formula is C15H20O5. The summed E-state index contributed by atoms with van der Waals surface area (Å²) in [6.07, 6.45) is 2.93. The summed E-state index contributed by atoms with van der Waals surface area (Å²) < 4.78 is 16.8. The Kier molecular flexibility index (Phi) is 2.21. The van der Waals surface area contributed by atoms with Crippen molar-refractivity contribution in [2.45, 2.75) is 75.7 Å². The summed E-state index contributed by atoms with van der Waals surface area (Å²) in [7, 11) is 0. The number of rotatable bonds is 0. The van der Waals surface area contributed by atoms with E-state index in [1.165, 1.54) is 0 Å². The van der Waals surface area contributed by atoms with Crippen LogP contribution in [0.1, 0.15) is 46.5 Å². The number of fused-ring (bicyclic) bond motifs is 3. The molecule has 0 aromatic rings. The van der Waals surface area contributed by atoms with Crippen molar-refractivity contribution in [3.8, 4) is 0 Å². The Morgan fingerprint density at radius 3 is 2.65 bits per heavy atom. The van der Waals surface area contributed by atoms with Crippen LogP contribution in [-0.4, -0.2) is 40.3 Å². The first-order chi connectivity index (χ1) is 9.26. The highest BCUT2D eigenvalue weighted by molar-refractivity contribution is 5.92. The smallest absolute Gasteiger partial charge is 0.336 e. The van der Waals surface area contributed by atoms with Gasteiger partial charge in [-0.05, 0) is 33.6 Å². The van der Waals surface area contributed by atoms with Gasteiger partial charge in [-0.2, -0.15) is 0 Å². The fourth-order valence-electron chi connectivity index (χ4n) is 3.82. The average molecular weight is 280 g/mol. The van der Waals surface area contributed by atoms with E-state index in [4.69, 9.17) is 14.2 Å². The third-order valence-electron chi connectivity index (χ3n) is 5.45. The molecule has 0 radical (unpaired) electrons. The second kappa shape index (κ2) is 3.46. The maximum Gasteiger partial charge on any atom is 0.336 e. The van der Waals surface area contributed by atoms with Crippen molar-refractivity contribution in [1.82, 2.24) is 0 Å². The lowest BCUT2D eigenvalue weighted by Gasteiger charge is -2.27. The van der Waals surface area contributed by atoms with Crippen molar-refractivity contribution in [2.24, 2.45) is 0 Å². The molecule has 4 aliphatic rings. The van der Waals surface area contributed by atoms with E-state index >= 15 is 0 Å². The largest absolute Gasteiger partial charge is 0.426 e. The van der Waals surface area contributed by atoms with Crippen LogP contribution in [0, 0.1) is 0 Å². The Labute approximate surface area is 117 Å². The molecule has 0 bridgehead atoms. The van der Waals surface area contributed by atoms with Crippen molar-refractivity contribution in [3.05, 3.63) is 11.1 Å². The van der Waals surface area contributed by atoms with Crippen LogP contribution in [-0.2, 0) is 19.0 Å². The van der Waals surface area contributed by atoms with E-state index in [2.05, 4.69) is 6.92 Å². The number of aliphatic hydroxyl groups is 1. The van der Waals surface area contributed by atoms with E-state index in [1.807, 2.05) is 6.92 Å². The van der Waals surface area contributed by atoms with Crippen molar-refractivity contribution < 1.29 is 24.1 Å². The first kappa shape index (κ1) is 12.8. The summed E-state index contributed by atoms with van der Waals surface area (Å²) in [6, 6.07) is 0. The van der Waals surface area contributed by atoms with Crippen LogP contribution in [0.3, 0.4) is 0 Å². The van der Waals surface area contributed by atoms with Crippen LogP contribution in [0.4, 0.5) is 0 Å². The van der Waals surface area contributed by atoms with E-state index in [0.717, 1.165) is 12.8 Å². The minimum absolute atomic E-state index is 0.0663. The number of esters is 1. The predicted molar refractivity (Wildman–Crippen MR) is 68.8 cm³/mol. The number of ether oxygens (including phenoxy) is 3. The van der Waals surface area contributed by atoms with Gasteiger partial charge >= 0.3 is 5.97 Å². The minimum Gasteiger partial charge on any atom is -0.426 e. The zero-order valence-electron chi connectivity index (χ0n) is 12.1. The van der Waals surface area contributed by atoms with Crippen LogP contribution < -0.4 is 0 Å². The van der Waals surface area contributed by atoms with Gasteiger partial charge in [0.15, 0.2) is 0 Å². The SMILES string of the molecule is CC1=C2C[C@H]3O[C@]3(C)CC[C@@H]3O[C@@]3(C)C[C@]2(O)OC1=O. The van der Waals surface area contributed by atoms with E-state index in [1.54, 1.807) is 6.92 Å². The van der Waals surface area contributed by atoms with E-state index in [9.17, 15) is 9.90 Å². The molecule has 4 rings (SSSR count). The lowest BCUT2D eigenvalue weighted by atomic mass is 9.83. The Bertz CT molecular complexity index is 540. The fraction of sp³-hybridized carbons (Fsp3) is 0.800. The summed E-state index contributed by atoms with van der Waals surface area (Å²) >= 11 is 0. The number of epoxide rings is 2. The lowest BCUT2D eigenvalue weighted by molar-refractivity contribution is -0.188. The van der Waals surface area contributed by atoms with E-state index < -0.39 is 17.4 Å². The summed E-state index contributed by atoms with van der Waals surface area (Å²) in [5, 5.41) is 10.8. The highest BCUT2D eigenvalue weighted by atomic mass is 16.7. The lowest BCUT2D eigenvalue weighted by Crippen LogP contribution is -2.38. The molecule has 0 aromatic heterocycles. The minimum atomic E-state index is -1.52. The van der Waals surface area contributed by atoms with Gasteiger partial charge in [-0.25, -0.2) is 4.79 Å². The molecule has 0 amide bonds. The Balaban J connectivity index is 1.72. The van der Waals surface area contributed by atoms with Gasteiger partial charge in [-0.15, -0.1) is 0 Å². The third-order valence-corrected chi connectivity index (χ3v) is 5.45. The third kappa shape index (κ3) is 1.63. The molecule has 3 heterocycles. The molecule has 5 heteroatoms. The quantitative estimate of drug-likeness (QED) is 0.537. The molecule has 5 atom stereocenters. The molecule has 0 unspecified atom stereocenters. The zero-order chi connectivity index (χ0) is 14.3. The van der Waals surface area contributed by atoms with E-state index in [-0.39, 0.29) is 17.8 Å². The first-order valence-electron chi connectivity index (χ1n) is 7.27. The Morgan fingerprint density at radius 1 is 1.20 bits per heavy atom. The molecule has 3 aliphatic heterocycles. The highest BCUT2D eigenvalue weighted by Gasteiger charge is 2.64. The van der Waals surface area contributed by atoms with Crippen LogP contribution in [0.2, 0.25) is 0 Å². The van der Waals surface area contributed by atoms with Crippen molar-refractivity contribution in [2.75, 3.05) is 0 Å². The monoisotopic (exact) mass is 280 g/mol. The van der Waals surface area contributed by atoms with Crippen molar-refractivity contribution >= 4 is 5.97 Å². The topological polar surface area (TPSA) is 71.6 Å².